The highest BCUT2D eigenvalue weighted by atomic mass is 16.7. The van der Waals surface area contributed by atoms with Crippen molar-refractivity contribution in [1.29, 1.82) is 0 Å². The molecule has 5 nitrogen and oxygen atoms in total. The third-order valence-corrected chi connectivity index (χ3v) is 6.04. The second kappa shape index (κ2) is 9.24. The van der Waals surface area contributed by atoms with Crippen molar-refractivity contribution in [3.63, 3.8) is 0 Å². The molecule has 0 saturated heterocycles. The van der Waals surface area contributed by atoms with Gasteiger partial charge >= 0.3 is 6.09 Å². The molecule has 0 saturated carbocycles. The fourth-order valence-electron chi connectivity index (χ4n) is 4.31. The van der Waals surface area contributed by atoms with Crippen LogP contribution in [-0.4, -0.2) is 23.4 Å². The van der Waals surface area contributed by atoms with Crippen LogP contribution in [-0.2, 0) is 11.4 Å². The van der Waals surface area contributed by atoms with Crippen molar-refractivity contribution in [2.75, 3.05) is 11.9 Å². The predicted octanol–water partition coefficient (Wildman–Crippen LogP) is 6.84. The van der Waals surface area contributed by atoms with Crippen molar-refractivity contribution < 1.29 is 9.63 Å². The summed E-state index contributed by atoms with van der Waals surface area (Å²) in [7, 11) is 1.67. The lowest BCUT2D eigenvalue weighted by molar-refractivity contribution is 0.160. The molecule has 0 aliphatic heterocycles. The van der Waals surface area contributed by atoms with E-state index in [1.54, 1.807) is 7.05 Å². The Hall–Kier alpha value is -4.38. The standard InChI is InChI=1S/C29H25N3O2/c1-3-32-26-17-11-10-16-24(26)25-20-22(18-19-27(25)32)28(21-12-6-4-7-13-21)30-34-29(33)31(2)23-14-8-5-9-15-23/h4-20H,3H2,1-2H3/b30-28+. The number of carbonyl (C=O) groups is 1. The number of aryl methyl sites for hydroxylation is 1. The summed E-state index contributed by atoms with van der Waals surface area (Å²) in [5, 5.41) is 6.68. The predicted molar refractivity (Wildman–Crippen MR) is 139 cm³/mol. The highest BCUT2D eigenvalue weighted by molar-refractivity contribution is 6.17. The molecule has 4 aromatic carbocycles. The number of carbonyl (C=O) groups excluding carboxylic acids is 1. The summed E-state index contributed by atoms with van der Waals surface area (Å²) in [5.41, 5.74) is 5.46. The molecule has 1 amide bonds. The fourth-order valence-corrected chi connectivity index (χ4v) is 4.31. The average Bonchev–Trinajstić information content (AvgIpc) is 3.22. The normalized spacial score (nSPS) is 11.6. The number of para-hydroxylation sites is 2. The largest absolute Gasteiger partial charge is 0.440 e. The molecule has 0 spiro atoms. The van der Waals surface area contributed by atoms with Crippen molar-refractivity contribution in [1.82, 2.24) is 4.57 Å². The first-order valence-electron chi connectivity index (χ1n) is 11.3. The Kier molecular flexibility index (Phi) is 5.83. The van der Waals surface area contributed by atoms with Crippen molar-refractivity contribution in [3.05, 3.63) is 114 Å². The minimum Gasteiger partial charge on any atom is -0.341 e. The first-order chi connectivity index (χ1) is 16.7. The summed E-state index contributed by atoms with van der Waals surface area (Å²) < 4.78 is 2.31. The van der Waals surface area contributed by atoms with Gasteiger partial charge in [0.05, 0.1) is 0 Å². The molecule has 5 heteroatoms. The summed E-state index contributed by atoms with van der Waals surface area (Å²) in [6.07, 6.45) is -0.553. The fraction of sp³-hybridized carbons (Fsp3) is 0.103. The second-order valence-electron chi connectivity index (χ2n) is 8.05. The second-order valence-corrected chi connectivity index (χ2v) is 8.05. The number of amides is 1. The summed E-state index contributed by atoms with van der Waals surface area (Å²) in [4.78, 5) is 19.6. The first kappa shape index (κ1) is 21.5. The molecule has 168 valence electrons. The molecule has 0 fully saturated rings. The van der Waals surface area contributed by atoms with Crippen molar-refractivity contribution in [2.45, 2.75) is 13.5 Å². The van der Waals surface area contributed by atoms with Crippen LogP contribution in [0.4, 0.5) is 10.5 Å². The van der Waals surface area contributed by atoms with E-state index in [1.807, 2.05) is 66.7 Å². The van der Waals surface area contributed by atoms with Gasteiger partial charge in [-0.15, -0.1) is 0 Å². The van der Waals surface area contributed by atoms with E-state index in [0.717, 1.165) is 28.7 Å². The number of anilines is 1. The lowest BCUT2D eigenvalue weighted by Crippen LogP contribution is -2.26. The highest BCUT2D eigenvalue weighted by Gasteiger charge is 2.16. The lowest BCUT2D eigenvalue weighted by Gasteiger charge is -2.15. The van der Waals surface area contributed by atoms with Crippen LogP contribution in [0.1, 0.15) is 18.1 Å². The summed E-state index contributed by atoms with van der Waals surface area (Å²) >= 11 is 0. The van der Waals surface area contributed by atoms with E-state index in [0.29, 0.717) is 5.71 Å². The zero-order valence-electron chi connectivity index (χ0n) is 19.2. The van der Waals surface area contributed by atoms with Gasteiger partial charge in [-0.05, 0) is 37.3 Å². The maximum Gasteiger partial charge on any atom is 0.440 e. The van der Waals surface area contributed by atoms with E-state index in [9.17, 15) is 4.79 Å². The Morgan fingerprint density at radius 3 is 2.18 bits per heavy atom. The van der Waals surface area contributed by atoms with Gasteiger partial charge in [0.2, 0.25) is 0 Å². The number of fused-ring (bicyclic) bond motifs is 3. The molecule has 0 N–H and O–H groups in total. The monoisotopic (exact) mass is 447 g/mol. The summed E-state index contributed by atoms with van der Waals surface area (Å²) in [6.45, 7) is 3.03. The average molecular weight is 448 g/mol. The van der Waals surface area contributed by atoms with Gasteiger partial charge in [0.15, 0.2) is 0 Å². The van der Waals surface area contributed by atoms with Gasteiger partial charge in [-0.25, -0.2) is 4.79 Å². The van der Waals surface area contributed by atoms with Crippen LogP contribution in [0, 0.1) is 0 Å². The highest BCUT2D eigenvalue weighted by Crippen LogP contribution is 2.30. The van der Waals surface area contributed by atoms with E-state index in [-0.39, 0.29) is 0 Å². The van der Waals surface area contributed by atoms with E-state index < -0.39 is 6.09 Å². The van der Waals surface area contributed by atoms with Crippen LogP contribution < -0.4 is 4.90 Å². The van der Waals surface area contributed by atoms with Crippen molar-refractivity contribution in [3.8, 4) is 0 Å². The van der Waals surface area contributed by atoms with Crippen LogP contribution in [0.15, 0.2) is 108 Å². The lowest BCUT2D eigenvalue weighted by atomic mass is 10.0. The molecule has 5 aromatic rings. The first-order valence-corrected chi connectivity index (χ1v) is 11.3. The minimum absolute atomic E-state index is 0.553. The van der Waals surface area contributed by atoms with Gasteiger partial charge in [-0.2, -0.15) is 0 Å². The Morgan fingerprint density at radius 2 is 1.44 bits per heavy atom. The number of benzene rings is 4. The van der Waals surface area contributed by atoms with E-state index in [4.69, 9.17) is 4.84 Å². The van der Waals surface area contributed by atoms with Gasteiger partial charge in [0, 0.05) is 52.2 Å². The van der Waals surface area contributed by atoms with E-state index in [1.165, 1.54) is 21.3 Å². The topological polar surface area (TPSA) is 46.8 Å². The minimum atomic E-state index is -0.553. The molecule has 0 aliphatic carbocycles. The molecule has 1 aromatic heterocycles. The Balaban J connectivity index is 1.58. The molecule has 34 heavy (non-hydrogen) atoms. The molecule has 0 bridgehead atoms. The smallest absolute Gasteiger partial charge is 0.341 e. The zero-order valence-corrected chi connectivity index (χ0v) is 19.2. The van der Waals surface area contributed by atoms with Crippen LogP contribution in [0.2, 0.25) is 0 Å². The van der Waals surface area contributed by atoms with Gasteiger partial charge in [0.1, 0.15) is 5.71 Å². The van der Waals surface area contributed by atoms with Crippen LogP contribution in [0.25, 0.3) is 21.8 Å². The van der Waals surface area contributed by atoms with E-state index >= 15 is 0 Å². The molecule has 0 atom stereocenters. The number of hydrogen-bond donors (Lipinski definition) is 0. The molecular formula is C29H25N3O2. The van der Waals surface area contributed by atoms with Crippen LogP contribution in [0.3, 0.4) is 0 Å². The van der Waals surface area contributed by atoms with Crippen LogP contribution >= 0.6 is 0 Å². The molecule has 0 aliphatic rings. The maximum atomic E-state index is 12.7. The number of hydrogen-bond acceptors (Lipinski definition) is 3. The molecular weight excluding hydrogens is 422 g/mol. The van der Waals surface area contributed by atoms with Gasteiger partial charge in [-0.1, -0.05) is 78.0 Å². The zero-order chi connectivity index (χ0) is 23.5. The maximum absolute atomic E-state index is 12.7. The number of aromatic nitrogens is 1. The quantitative estimate of drug-likeness (QED) is 0.168. The SMILES string of the molecule is CCn1c2ccccc2c2cc(/C(=N/OC(=O)N(C)c3ccccc3)c3ccccc3)ccc21. The Morgan fingerprint density at radius 1 is 0.794 bits per heavy atom. The Bertz CT molecular complexity index is 1490. The number of oxime groups is 1. The molecule has 1 heterocycles. The van der Waals surface area contributed by atoms with Gasteiger partial charge < -0.3 is 4.57 Å². The summed E-state index contributed by atoms with van der Waals surface area (Å²) in [6, 6.07) is 33.8. The molecule has 0 unspecified atom stereocenters. The van der Waals surface area contributed by atoms with Crippen molar-refractivity contribution in [2.24, 2.45) is 5.16 Å². The third kappa shape index (κ3) is 3.92. The van der Waals surface area contributed by atoms with Crippen molar-refractivity contribution >= 4 is 39.3 Å². The molecule has 0 radical (unpaired) electrons. The number of nitrogens with zero attached hydrogens (tertiary/aromatic N) is 3. The van der Waals surface area contributed by atoms with Gasteiger partial charge in [0.25, 0.3) is 0 Å². The summed E-state index contributed by atoms with van der Waals surface area (Å²) in [5.74, 6) is 0. The number of rotatable bonds is 5. The van der Waals surface area contributed by atoms with E-state index in [2.05, 4.69) is 53.0 Å². The third-order valence-electron chi connectivity index (χ3n) is 6.04. The Labute approximate surface area is 198 Å². The molecule has 5 rings (SSSR count). The van der Waals surface area contributed by atoms with Gasteiger partial charge in [-0.3, -0.25) is 9.74 Å². The van der Waals surface area contributed by atoms with Crippen LogP contribution in [0.5, 0.6) is 0 Å².